The molecule has 2 amide bonds. The quantitative estimate of drug-likeness (QED) is 0.607. The van der Waals surface area contributed by atoms with Crippen LogP contribution in [0.5, 0.6) is 0 Å². The fourth-order valence-electron chi connectivity index (χ4n) is 3.96. The fourth-order valence-corrected chi connectivity index (χ4v) is 3.96. The molecule has 5 nitrogen and oxygen atoms in total. The van der Waals surface area contributed by atoms with Crippen molar-refractivity contribution >= 4 is 11.8 Å². The van der Waals surface area contributed by atoms with Crippen LogP contribution in [0.15, 0.2) is 84.9 Å². The van der Waals surface area contributed by atoms with Gasteiger partial charge in [-0.1, -0.05) is 72.8 Å². The summed E-state index contributed by atoms with van der Waals surface area (Å²) < 4.78 is 0. The molecule has 1 fully saturated rings. The Hall–Kier alpha value is -3.44. The molecule has 0 aliphatic carbocycles. The topological polar surface area (TPSA) is 61.4 Å². The Balaban J connectivity index is 1.25. The van der Waals surface area contributed by atoms with Gasteiger partial charge in [0, 0.05) is 31.2 Å². The van der Waals surface area contributed by atoms with E-state index in [1.807, 2.05) is 65.6 Å². The second-order valence-corrected chi connectivity index (χ2v) is 8.14. The number of carbonyl (C=O) groups is 2. The molecule has 3 aromatic carbocycles. The van der Waals surface area contributed by atoms with Gasteiger partial charge in [0.15, 0.2) is 0 Å². The molecule has 0 spiro atoms. The zero-order chi connectivity index (χ0) is 22.2. The van der Waals surface area contributed by atoms with Crippen molar-refractivity contribution in [1.82, 2.24) is 15.5 Å². The molecule has 1 heterocycles. The van der Waals surface area contributed by atoms with Gasteiger partial charge in [0.2, 0.25) is 5.91 Å². The predicted molar refractivity (Wildman–Crippen MR) is 127 cm³/mol. The van der Waals surface area contributed by atoms with E-state index in [0.29, 0.717) is 25.2 Å². The number of nitrogens with zero attached hydrogens (tertiary/aromatic N) is 1. The summed E-state index contributed by atoms with van der Waals surface area (Å²) >= 11 is 0. The van der Waals surface area contributed by atoms with E-state index < -0.39 is 0 Å². The number of hydrogen-bond acceptors (Lipinski definition) is 3. The van der Waals surface area contributed by atoms with Gasteiger partial charge in [-0.2, -0.15) is 0 Å². The number of rotatable bonds is 7. The van der Waals surface area contributed by atoms with Crippen LogP contribution >= 0.6 is 0 Å². The van der Waals surface area contributed by atoms with Crippen LogP contribution in [-0.4, -0.2) is 48.9 Å². The first-order chi connectivity index (χ1) is 15.7. The van der Waals surface area contributed by atoms with Crippen molar-refractivity contribution in [2.45, 2.75) is 18.9 Å². The molecule has 1 aliphatic rings. The van der Waals surface area contributed by atoms with Gasteiger partial charge in [0.1, 0.15) is 0 Å². The predicted octanol–water partition coefficient (Wildman–Crippen LogP) is 3.52. The van der Waals surface area contributed by atoms with Gasteiger partial charge in [-0.3, -0.25) is 9.59 Å². The molecule has 1 aliphatic heterocycles. The summed E-state index contributed by atoms with van der Waals surface area (Å²) in [5, 5.41) is 6.30. The molecule has 32 heavy (non-hydrogen) atoms. The molecular weight excluding hydrogens is 398 g/mol. The third kappa shape index (κ3) is 5.83. The second-order valence-electron chi connectivity index (χ2n) is 8.14. The maximum Gasteiger partial charge on any atom is 0.251 e. The molecule has 1 saturated heterocycles. The largest absolute Gasteiger partial charge is 0.350 e. The van der Waals surface area contributed by atoms with Gasteiger partial charge >= 0.3 is 0 Å². The minimum absolute atomic E-state index is 0.0771. The van der Waals surface area contributed by atoms with Crippen LogP contribution in [0.25, 0.3) is 11.1 Å². The zero-order valence-corrected chi connectivity index (χ0v) is 18.2. The number of carbonyl (C=O) groups excluding carboxylic acids is 2. The molecule has 0 bridgehead atoms. The lowest BCUT2D eigenvalue weighted by atomic mass is 10.0. The molecule has 3 aromatic rings. The first-order valence-corrected chi connectivity index (χ1v) is 11.2. The van der Waals surface area contributed by atoms with E-state index in [9.17, 15) is 9.59 Å². The zero-order valence-electron chi connectivity index (χ0n) is 18.2. The summed E-state index contributed by atoms with van der Waals surface area (Å²) in [6.45, 7) is 2.22. The Morgan fingerprint density at radius 2 is 1.56 bits per heavy atom. The molecular formula is C27H29N3O2. The number of hydrogen-bond donors (Lipinski definition) is 2. The van der Waals surface area contributed by atoms with E-state index in [0.717, 1.165) is 30.5 Å². The third-order valence-electron chi connectivity index (χ3n) is 5.92. The van der Waals surface area contributed by atoms with Gasteiger partial charge in [-0.05, 0) is 41.7 Å². The summed E-state index contributed by atoms with van der Waals surface area (Å²) in [6, 6.07) is 28.0. The van der Waals surface area contributed by atoms with Gasteiger partial charge in [0.05, 0.1) is 6.54 Å². The van der Waals surface area contributed by atoms with E-state index in [1.54, 1.807) is 0 Å². The average Bonchev–Trinajstić information content (AvgIpc) is 3.03. The summed E-state index contributed by atoms with van der Waals surface area (Å²) in [4.78, 5) is 27.0. The van der Waals surface area contributed by atoms with Crippen LogP contribution in [0.4, 0.5) is 0 Å². The Labute approximate surface area is 189 Å². The first-order valence-electron chi connectivity index (χ1n) is 11.2. The highest BCUT2D eigenvalue weighted by atomic mass is 16.2. The van der Waals surface area contributed by atoms with E-state index in [2.05, 4.69) is 34.9 Å². The van der Waals surface area contributed by atoms with Crippen LogP contribution in [0.3, 0.4) is 0 Å². The van der Waals surface area contributed by atoms with Crippen molar-refractivity contribution < 1.29 is 9.59 Å². The van der Waals surface area contributed by atoms with Crippen LogP contribution in [-0.2, 0) is 11.2 Å². The maximum absolute atomic E-state index is 12.6. The van der Waals surface area contributed by atoms with Crippen LogP contribution in [0.2, 0.25) is 0 Å². The molecule has 0 saturated carbocycles. The standard InChI is InChI=1S/C27H29N3O2/c31-26-20-28-25(16-18-30(26)17-15-21-7-3-1-4-8-21)19-29-27(32)24-13-11-23(12-14-24)22-9-5-2-6-10-22/h1-14,25,28H,15-20H2,(H,29,32). The second kappa shape index (κ2) is 10.7. The van der Waals surface area contributed by atoms with Crippen molar-refractivity contribution in [3.8, 4) is 11.1 Å². The highest BCUT2D eigenvalue weighted by Gasteiger charge is 2.22. The molecule has 5 heteroatoms. The lowest BCUT2D eigenvalue weighted by Gasteiger charge is -2.20. The molecule has 164 valence electrons. The Morgan fingerprint density at radius 1 is 0.906 bits per heavy atom. The van der Waals surface area contributed by atoms with E-state index in [4.69, 9.17) is 0 Å². The summed E-state index contributed by atoms with van der Waals surface area (Å²) in [5.74, 6) is 0.0224. The molecule has 1 unspecified atom stereocenters. The van der Waals surface area contributed by atoms with Gasteiger partial charge in [-0.15, -0.1) is 0 Å². The molecule has 2 N–H and O–H groups in total. The SMILES string of the molecule is O=C(NCC1CCN(CCc2ccccc2)C(=O)CN1)c1ccc(-c2ccccc2)cc1. The molecule has 1 atom stereocenters. The summed E-state index contributed by atoms with van der Waals surface area (Å²) in [6.07, 6.45) is 1.67. The highest BCUT2D eigenvalue weighted by Crippen LogP contribution is 2.19. The normalized spacial score (nSPS) is 16.4. The van der Waals surface area contributed by atoms with Crippen molar-refractivity contribution in [3.05, 3.63) is 96.1 Å². The van der Waals surface area contributed by atoms with Crippen LogP contribution in [0.1, 0.15) is 22.3 Å². The first kappa shape index (κ1) is 21.8. The highest BCUT2D eigenvalue weighted by molar-refractivity contribution is 5.94. The van der Waals surface area contributed by atoms with Gasteiger partial charge in [0.25, 0.3) is 5.91 Å². The van der Waals surface area contributed by atoms with Gasteiger partial charge < -0.3 is 15.5 Å². The lowest BCUT2D eigenvalue weighted by Crippen LogP contribution is -2.42. The van der Waals surface area contributed by atoms with Crippen molar-refractivity contribution in [3.63, 3.8) is 0 Å². The van der Waals surface area contributed by atoms with E-state index in [-0.39, 0.29) is 17.9 Å². The number of benzene rings is 3. The number of amides is 2. The molecule has 4 rings (SSSR count). The monoisotopic (exact) mass is 427 g/mol. The number of nitrogens with one attached hydrogen (secondary N) is 2. The van der Waals surface area contributed by atoms with Crippen molar-refractivity contribution in [1.29, 1.82) is 0 Å². The Kier molecular flexibility index (Phi) is 7.31. The third-order valence-corrected chi connectivity index (χ3v) is 5.92. The Morgan fingerprint density at radius 3 is 2.28 bits per heavy atom. The summed E-state index contributed by atoms with van der Waals surface area (Å²) in [5.41, 5.74) is 4.09. The Bertz CT molecular complexity index is 1020. The minimum atomic E-state index is -0.0945. The van der Waals surface area contributed by atoms with Crippen molar-refractivity contribution in [2.24, 2.45) is 0 Å². The van der Waals surface area contributed by atoms with Crippen LogP contribution in [0, 0.1) is 0 Å². The molecule has 0 radical (unpaired) electrons. The van der Waals surface area contributed by atoms with Crippen molar-refractivity contribution in [2.75, 3.05) is 26.2 Å². The van der Waals surface area contributed by atoms with E-state index >= 15 is 0 Å². The maximum atomic E-state index is 12.6. The molecule has 0 aromatic heterocycles. The lowest BCUT2D eigenvalue weighted by molar-refractivity contribution is -0.129. The minimum Gasteiger partial charge on any atom is -0.350 e. The average molecular weight is 428 g/mol. The fraction of sp³-hybridized carbons (Fsp3) is 0.259. The smallest absolute Gasteiger partial charge is 0.251 e. The van der Waals surface area contributed by atoms with E-state index in [1.165, 1.54) is 5.56 Å². The summed E-state index contributed by atoms with van der Waals surface area (Å²) in [7, 11) is 0. The van der Waals surface area contributed by atoms with Gasteiger partial charge in [-0.25, -0.2) is 0 Å². The van der Waals surface area contributed by atoms with Crippen LogP contribution < -0.4 is 10.6 Å².